The maximum Gasteiger partial charge on any atom is 0.317 e. The third-order valence-corrected chi connectivity index (χ3v) is 8.95. The molecule has 2 amide bonds. The van der Waals surface area contributed by atoms with Crippen LogP contribution >= 0.6 is 11.3 Å². The van der Waals surface area contributed by atoms with E-state index in [-0.39, 0.29) is 6.03 Å². The second kappa shape index (κ2) is 10.4. The highest BCUT2D eigenvalue weighted by atomic mass is 32.1. The number of amides is 2. The summed E-state index contributed by atoms with van der Waals surface area (Å²) < 4.78 is 5.48. The van der Waals surface area contributed by atoms with Gasteiger partial charge in [0.1, 0.15) is 5.65 Å². The molecule has 0 unspecified atom stereocenters. The zero-order valence-electron chi connectivity index (χ0n) is 21.0. The molecule has 7 nitrogen and oxygen atoms in total. The quantitative estimate of drug-likeness (QED) is 0.496. The molecule has 0 radical (unpaired) electrons. The highest BCUT2D eigenvalue weighted by Gasteiger charge is 2.26. The molecular formula is C28H35N5O2S. The molecule has 0 atom stereocenters. The number of nitrogens with one attached hydrogen (secondary N) is 2. The number of aromatic amines is 1. The molecular weight excluding hydrogens is 470 g/mol. The van der Waals surface area contributed by atoms with Gasteiger partial charge in [-0.05, 0) is 55.5 Å². The van der Waals surface area contributed by atoms with Crippen LogP contribution in [0.4, 0.5) is 4.79 Å². The first-order chi connectivity index (χ1) is 17.6. The van der Waals surface area contributed by atoms with Crippen molar-refractivity contribution < 1.29 is 9.53 Å². The summed E-state index contributed by atoms with van der Waals surface area (Å²) in [6, 6.07) is 7.19. The monoisotopic (exact) mass is 505 g/mol. The van der Waals surface area contributed by atoms with Crippen molar-refractivity contribution in [2.75, 3.05) is 39.4 Å². The zero-order valence-corrected chi connectivity index (χ0v) is 21.8. The van der Waals surface area contributed by atoms with E-state index in [0.717, 1.165) is 75.3 Å². The smallest absolute Gasteiger partial charge is 0.317 e. The Kier molecular flexibility index (Phi) is 6.82. The Labute approximate surface area is 216 Å². The van der Waals surface area contributed by atoms with E-state index in [4.69, 9.17) is 9.72 Å². The van der Waals surface area contributed by atoms with Crippen molar-refractivity contribution in [3.8, 4) is 10.4 Å². The standard InChI is InChI=1S/C28H35N5O2S/c1-19-17-33(28(34)31-21-4-2-3-5-21)9-8-23(19)25-16-30-27-24(25)14-20(15-29-27)26-7-6-22(36-26)18-32-10-12-35-13-11-32/h6-7,14-16,21H,2-5,8-13,17-18H2,1H3,(H,29,30)(H,31,34). The maximum atomic E-state index is 12.8. The summed E-state index contributed by atoms with van der Waals surface area (Å²) in [5.74, 6) is 0. The number of thiophene rings is 1. The van der Waals surface area contributed by atoms with Crippen molar-refractivity contribution in [1.82, 2.24) is 25.1 Å². The van der Waals surface area contributed by atoms with Crippen LogP contribution in [0.1, 0.15) is 49.5 Å². The minimum atomic E-state index is 0.0914. The van der Waals surface area contributed by atoms with E-state index in [1.54, 1.807) is 0 Å². The number of carbonyl (C=O) groups is 1. The largest absolute Gasteiger partial charge is 0.379 e. The van der Waals surface area contributed by atoms with Crippen LogP contribution in [-0.2, 0) is 11.3 Å². The molecule has 8 heteroatoms. The Bertz CT molecular complexity index is 1270. The first-order valence-corrected chi connectivity index (χ1v) is 14.1. The fourth-order valence-corrected chi connectivity index (χ4v) is 6.81. The summed E-state index contributed by atoms with van der Waals surface area (Å²) in [4.78, 5) is 28.0. The lowest BCUT2D eigenvalue weighted by molar-refractivity contribution is 0.0346. The molecule has 6 rings (SSSR count). The van der Waals surface area contributed by atoms with Crippen LogP contribution in [0.25, 0.3) is 27.0 Å². The summed E-state index contributed by atoms with van der Waals surface area (Å²) >= 11 is 1.85. The fourth-order valence-electron chi connectivity index (χ4n) is 5.78. The van der Waals surface area contributed by atoms with Gasteiger partial charge in [-0.3, -0.25) is 4.90 Å². The average molecular weight is 506 g/mol. The molecule has 0 spiro atoms. The van der Waals surface area contributed by atoms with Crippen molar-refractivity contribution in [3.63, 3.8) is 0 Å². The van der Waals surface area contributed by atoms with Crippen LogP contribution in [0.2, 0.25) is 0 Å². The van der Waals surface area contributed by atoms with Crippen molar-refractivity contribution >= 4 is 34.0 Å². The molecule has 36 heavy (non-hydrogen) atoms. The van der Waals surface area contributed by atoms with E-state index in [9.17, 15) is 4.79 Å². The van der Waals surface area contributed by atoms with Gasteiger partial charge in [0, 0.05) is 77.4 Å². The van der Waals surface area contributed by atoms with Gasteiger partial charge >= 0.3 is 6.03 Å². The molecule has 190 valence electrons. The van der Waals surface area contributed by atoms with Gasteiger partial charge in [-0.25, -0.2) is 9.78 Å². The Morgan fingerprint density at radius 3 is 2.86 bits per heavy atom. The van der Waals surface area contributed by atoms with Gasteiger partial charge in [-0.2, -0.15) is 0 Å². The number of carbonyl (C=O) groups excluding carboxylic acids is 1. The van der Waals surface area contributed by atoms with E-state index in [1.807, 2.05) is 22.4 Å². The SMILES string of the molecule is CC1=C(c2c[nH]c3ncc(-c4ccc(CN5CCOCC5)s4)cc23)CCN(C(=O)NC2CCCC2)C1. The minimum absolute atomic E-state index is 0.0914. The number of hydrogen-bond acceptors (Lipinski definition) is 5. The van der Waals surface area contributed by atoms with Gasteiger partial charge in [-0.15, -0.1) is 11.3 Å². The van der Waals surface area contributed by atoms with Gasteiger partial charge in [-0.1, -0.05) is 12.8 Å². The summed E-state index contributed by atoms with van der Waals surface area (Å²) in [5.41, 5.74) is 5.90. The Morgan fingerprint density at radius 2 is 2.06 bits per heavy atom. The van der Waals surface area contributed by atoms with Gasteiger partial charge in [0.25, 0.3) is 0 Å². The molecule has 3 aromatic rings. The van der Waals surface area contributed by atoms with Crippen LogP contribution in [0, 0.1) is 0 Å². The lowest BCUT2D eigenvalue weighted by atomic mass is 9.94. The fraction of sp³-hybridized carbons (Fsp3) is 0.500. The summed E-state index contributed by atoms with van der Waals surface area (Å²) in [6.07, 6.45) is 9.61. The number of aromatic nitrogens is 2. The average Bonchev–Trinajstić information content (AvgIpc) is 3.66. The Morgan fingerprint density at radius 1 is 1.22 bits per heavy atom. The van der Waals surface area contributed by atoms with E-state index < -0.39 is 0 Å². The highest BCUT2D eigenvalue weighted by molar-refractivity contribution is 7.15. The van der Waals surface area contributed by atoms with Crippen LogP contribution in [-0.4, -0.2) is 71.2 Å². The van der Waals surface area contributed by atoms with E-state index in [2.05, 4.69) is 46.5 Å². The topological polar surface area (TPSA) is 73.5 Å². The molecule has 1 saturated heterocycles. The molecule has 2 fully saturated rings. The van der Waals surface area contributed by atoms with Crippen LogP contribution in [0.15, 0.2) is 36.2 Å². The normalized spacial score (nSPS) is 20.0. The molecule has 0 bridgehead atoms. The van der Waals surface area contributed by atoms with Crippen molar-refractivity contribution in [1.29, 1.82) is 0 Å². The van der Waals surface area contributed by atoms with Gasteiger partial charge in [0.15, 0.2) is 0 Å². The minimum Gasteiger partial charge on any atom is -0.379 e. The third-order valence-electron chi connectivity index (χ3n) is 7.83. The van der Waals surface area contributed by atoms with Crippen molar-refractivity contribution in [2.24, 2.45) is 0 Å². The number of nitrogens with zero attached hydrogens (tertiary/aromatic N) is 3. The number of pyridine rings is 1. The number of morpholine rings is 1. The summed E-state index contributed by atoms with van der Waals surface area (Å²) in [7, 11) is 0. The van der Waals surface area contributed by atoms with Crippen molar-refractivity contribution in [2.45, 2.75) is 51.6 Å². The lowest BCUT2D eigenvalue weighted by Gasteiger charge is -2.31. The maximum absolute atomic E-state index is 12.8. The predicted molar refractivity (Wildman–Crippen MR) is 145 cm³/mol. The Balaban J connectivity index is 1.20. The predicted octanol–water partition coefficient (Wildman–Crippen LogP) is 5.26. The van der Waals surface area contributed by atoms with Crippen molar-refractivity contribution in [3.05, 3.63) is 46.6 Å². The van der Waals surface area contributed by atoms with E-state index >= 15 is 0 Å². The van der Waals surface area contributed by atoms with Gasteiger partial charge in [0.2, 0.25) is 0 Å². The number of rotatable bonds is 5. The molecule has 2 aliphatic heterocycles. The second-order valence-corrected chi connectivity index (χ2v) is 11.5. The van der Waals surface area contributed by atoms with E-state index in [1.165, 1.54) is 39.3 Å². The molecule has 1 aliphatic carbocycles. The summed E-state index contributed by atoms with van der Waals surface area (Å²) in [5, 5.41) is 4.40. The number of H-pyrrole nitrogens is 1. The first kappa shape index (κ1) is 23.7. The number of ether oxygens (including phenoxy) is 1. The van der Waals surface area contributed by atoms with Gasteiger partial charge < -0.3 is 19.9 Å². The van der Waals surface area contributed by atoms with Crippen LogP contribution < -0.4 is 5.32 Å². The lowest BCUT2D eigenvalue weighted by Crippen LogP contribution is -2.46. The molecule has 3 aliphatic rings. The molecule has 1 saturated carbocycles. The third kappa shape index (κ3) is 4.94. The number of fused-ring (bicyclic) bond motifs is 1. The van der Waals surface area contributed by atoms with Crippen LogP contribution in [0.5, 0.6) is 0 Å². The second-order valence-electron chi connectivity index (χ2n) is 10.3. The molecule has 0 aromatic carbocycles. The van der Waals surface area contributed by atoms with E-state index in [0.29, 0.717) is 12.6 Å². The zero-order chi connectivity index (χ0) is 24.5. The van der Waals surface area contributed by atoms with Gasteiger partial charge in [0.05, 0.1) is 13.2 Å². The summed E-state index contributed by atoms with van der Waals surface area (Å²) in [6.45, 7) is 8.24. The number of hydrogen-bond donors (Lipinski definition) is 2. The molecule has 3 aromatic heterocycles. The molecule has 2 N–H and O–H groups in total. The molecule has 5 heterocycles. The highest BCUT2D eigenvalue weighted by Crippen LogP contribution is 2.35. The number of urea groups is 1. The Hall–Kier alpha value is -2.68. The van der Waals surface area contributed by atoms with Crippen LogP contribution in [0.3, 0.4) is 0 Å². The first-order valence-electron chi connectivity index (χ1n) is 13.2.